The van der Waals surface area contributed by atoms with E-state index in [9.17, 15) is 4.79 Å². The van der Waals surface area contributed by atoms with Crippen LogP contribution in [0.4, 0.5) is 11.4 Å². The Labute approximate surface area is 101 Å². The molecule has 0 heterocycles. The number of esters is 1. The summed E-state index contributed by atoms with van der Waals surface area (Å²) in [6.45, 7) is 4.15. The maximum absolute atomic E-state index is 11.3. The normalized spacial score (nSPS) is 11.7. The van der Waals surface area contributed by atoms with Gasteiger partial charge in [0.15, 0.2) is 0 Å². The van der Waals surface area contributed by atoms with E-state index in [0.29, 0.717) is 18.0 Å². The summed E-state index contributed by atoms with van der Waals surface area (Å²) in [5.74, 6) is 0.286. The zero-order chi connectivity index (χ0) is 12.8. The fourth-order valence-corrected chi connectivity index (χ4v) is 1.39. The molecule has 94 valence electrons. The Bertz CT molecular complexity index is 393. The second-order valence-corrected chi connectivity index (χ2v) is 3.57. The first kappa shape index (κ1) is 13.2. The highest BCUT2D eigenvalue weighted by molar-refractivity contribution is 5.79. The van der Waals surface area contributed by atoms with Gasteiger partial charge < -0.3 is 20.5 Å². The molecule has 17 heavy (non-hydrogen) atoms. The quantitative estimate of drug-likeness (QED) is 0.602. The van der Waals surface area contributed by atoms with E-state index in [1.807, 2.05) is 6.92 Å². The molecular weight excluding hydrogens is 220 g/mol. The first-order valence-corrected chi connectivity index (χ1v) is 5.45. The van der Waals surface area contributed by atoms with Crippen LogP contribution in [-0.2, 0) is 9.53 Å². The van der Waals surface area contributed by atoms with E-state index in [1.54, 1.807) is 25.1 Å². The van der Waals surface area contributed by atoms with Crippen LogP contribution in [0.5, 0.6) is 5.75 Å². The Morgan fingerprint density at radius 1 is 1.53 bits per heavy atom. The minimum Gasteiger partial charge on any atom is -0.492 e. The molecule has 0 radical (unpaired) electrons. The lowest BCUT2D eigenvalue weighted by molar-refractivity contribution is -0.141. The van der Waals surface area contributed by atoms with Crippen LogP contribution < -0.4 is 15.8 Å². The molecule has 0 aromatic heterocycles. The number of carbonyl (C=O) groups is 1. The molecule has 1 atom stereocenters. The molecule has 5 heteroatoms. The maximum Gasteiger partial charge on any atom is 0.327 e. The molecule has 0 spiro atoms. The number of methoxy groups -OCH3 is 1. The van der Waals surface area contributed by atoms with Crippen LogP contribution >= 0.6 is 0 Å². The van der Waals surface area contributed by atoms with E-state index >= 15 is 0 Å². The molecule has 0 aliphatic rings. The predicted molar refractivity (Wildman–Crippen MR) is 67.1 cm³/mol. The van der Waals surface area contributed by atoms with Crippen molar-refractivity contribution in [2.24, 2.45) is 0 Å². The summed E-state index contributed by atoms with van der Waals surface area (Å²) in [5.41, 5.74) is 7.08. The number of rotatable bonds is 5. The second-order valence-electron chi connectivity index (χ2n) is 3.57. The van der Waals surface area contributed by atoms with Crippen LogP contribution in [0.25, 0.3) is 0 Å². The smallest absolute Gasteiger partial charge is 0.327 e. The first-order chi connectivity index (χ1) is 8.08. The summed E-state index contributed by atoms with van der Waals surface area (Å²) in [5, 5.41) is 3.01. The molecule has 3 N–H and O–H groups in total. The molecule has 0 aliphatic heterocycles. The van der Waals surface area contributed by atoms with Gasteiger partial charge in [-0.05, 0) is 26.0 Å². The van der Waals surface area contributed by atoms with Gasteiger partial charge in [-0.25, -0.2) is 4.79 Å². The zero-order valence-corrected chi connectivity index (χ0v) is 10.3. The number of anilines is 2. The Kier molecular flexibility index (Phi) is 4.63. The van der Waals surface area contributed by atoms with Crippen molar-refractivity contribution < 1.29 is 14.3 Å². The van der Waals surface area contributed by atoms with Gasteiger partial charge in [0.1, 0.15) is 11.8 Å². The Hall–Kier alpha value is -1.91. The lowest BCUT2D eigenvalue weighted by atomic mass is 10.2. The zero-order valence-electron chi connectivity index (χ0n) is 10.3. The SMILES string of the molecule is CCOc1cc(NC(C)C(=O)OC)ccc1N. The summed E-state index contributed by atoms with van der Waals surface area (Å²) in [4.78, 5) is 11.3. The molecule has 0 saturated carbocycles. The van der Waals surface area contributed by atoms with Crippen molar-refractivity contribution in [2.45, 2.75) is 19.9 Å². The minimum absolute atomic E-state index is 0.320. The highest BCUT2D eigenvalue weighted by atomic mass is 16.5. The van der Waals surface area contributed by atoms with Crippen LogP contribution in [0, 0.1) is 0 Å². The molecule has 1 rings (SSSR count). The van der Waals surface area contributed by atoms with Crippen molar-refractivity contribution in [1.82, 2.24) is 0 Å². The third-order valence-electron chi connectivity index (χ3n) is 2.25. The summed E-state index contributed by atoms with van der Waals surface area (Å²) in [7, 11) is 1.36. The number of nitrogen functional groups attached to an aromatic ring is 1. The van der Waals surface area contributed by atoms with Gasteiger partial charge in [-0.2, -0.15) is 0 Å². The molecule has 5 nitrogen and oxygen atoms in total. The van der Waals surface area contributed by atoms with E-state index in [-0.39, 0.29) is 5.97 Å². The largest absolute Gasteiger partial charge is 0.492 e. The lowest BCUT2D eigenvalue weighted by Crippen LogP contribution is -2.27. The molecule has 1 aromatic rings. The monoisotopic (exact) mass is 238 g/mol. The van der Waals surface area contributed by atoms with E-state index in [4.69, 9.17) is 10.5 Å². The van der Waals surface area contributed by atoms with E-state index in [1.165, 1.54) is 7.11 Å². The molecule has 0 fully saturated rings. The summed E-state index contributed by atoms with van der Waals surface area (Å²) in [6.07, 6.45) is 0. The van der Waals surface area contributed by atoms with Gasteiger partial charge in [-0.3, -0.25) is 0 Å². The predicted octanol–water partition coefficient (Wildman–Crippen LogP) is 1.64. The molecule has 0 saturated heterocycles. The molecule has 0 bridgehead atoms. The van der Waals surface area contributed by atoms with Crippen molar-refractivity contribution in [3.05, 3.63) is 18.2 Å². The van der Waals surface area contributed by atoms with Crippen LogP contribution in [0.2, 0.25) is 0 Å². The topological polar surface area (TPSA) is 73.6 Å². The standard InChI is InChI=1S/C12H18N2O3/c1-4-17-11-7-9(5-6-10(11)13)14-8(2)12(15)16-3/h5-8,14H,4,13H2,1-3H3. The summed E-state index contributed by atoms with van der Waals surface area (Å²) in [6, 6.07) is 4.87. The molecular formula is C12H18N2O3. The third kappa shape index (κ3) is 3.55. The number of hydrogen-bond acceptors (Lipinski definition) is 5. The number of ether oxygens (including phenoxy) is 2. The van der Waals surface area contributed by atoms with Crippen molar-refractivity contribution in [1.29, 1.82) is 0 Å². The van der Waals surface area contributed by atoms with Gasteiger partial charge >= 0.3 is 5.97 Å². The van der Waals surface area contributed by atoms with Crippen molar-refractivity contribution >= 4 is 17.3 Å². The van der Waals surface area contributed by atoms with Gasteiger partial charge in [-0.1, -0.05) is 0 Å². The van der Waals surface area contributed by atoms with Crippen LogP contribution in [0.1, 0.15) is 13.8 Å². The fourth-order valence-electron chi connectivity index (χ4n) is 1.39. The molecule has 0 aliphatic carbocycles. The van der Waals surface area contributed by atoms with Gasteiger partial charge in [0.05, 0.1) is 19.4 Å². The van der Waals surface area contributed by atoms with Crippen molar-refractivity contribution in [3.8, 4) is 5.75 Å². The second kappa shape index (κ2) is 5.98. The fraction of sp³-hybridized carbons (Fsp3) is 0.417. The number of benzene rings is 1. The van der Waals surface area contributed by atoms with Crippen LogP contribution in [0.3, 0.4) is 0 Å². The lowest BCUT2D eigenvalue weighted by Gasteiger charge is -2.14. The number of hydrogen-bond donors (Lipinski definition) is 2. The highest BCUT2D eigenvalue weighted by Crippen LogP contribution is 2.25. The van der Waals surface area contributed by atoms with Gasteiger partial charge in [0.25, 0.3) is 0 Å². The summed E-state index contributed by atoms with van der Waals surface area (Å²) >= 11 is 0. The Balaban J connectivity index is 2.78. The summed E-state index contributed by atoms with van der Waals surface area (Å²) < 4.78 is 9.99. The van der Waals surface area contributed by atoms with Crippen molar-refractivity contribution in [3.63, 3.8) is 0 Å². The highest BCUT2D eigenvalue weighted by Gasteiger charge is 2.13. The van der Waals surface area contributed by atoms with Crippen LogP contribution in [-0.4, -0.2) is 25.7 Å². The maximum atomic E-state index is 11.3. The first-order valence-electron chi connectivity index (χ1n) is 5.45. The van der Waals surface area contributed by atoms with Gasteiger partial charge in [0.2, 0.25) is 0 Å². The average Bonchev–Trinajstić information content (AvgIpc) is 2.32. The van der Waals surface area contributed by atoms with E-state index < -0.39 is 6.04 Å². The number of nitrogens with one attached hydrogen (secondary N) is 1. The Morgan fingerprint density at radius 2 is 2.24 bits per heavy atom. The van der Waals surface area contributed by atoms with E-state index in [2.05, 4.69) is 10.1 Å². The average molecular weight is 238 g/mol. The number of nitrogens with two attached hydrogens (primary N) is 1. The number of carbonyl (C=O) groups excluding carboxylic acids is 1. The molecule has 0 amide bonds. The van der Waals surface area contributed by atoms with E-state index in [0.717, 1.165) is 5.69 Å². The van der Waals surface area contributed by atoms with Crippen molar-refractivity contribution in [2.75, 3.05) is 24.8 Å². The Morgan fingerprint density at radius 3 is 2.82 bits per heavy atom. The minimum atomic E-state index is -0.418. The molecule has 1 unspecified atom stereocenters. The molecule has 1 aromatic carbocycles. The van der Waals surface area contributed by atoms with Crippen LogP contribution in [0.15, 0.2) is 18.2 Å². The third-order valence-corrected chi connectivity index (χ3v) is 2.25. The van der Waals surface area contributed by atoms with Gasteiger partial charge in [-0.15, -0.1) is 0 Å². The van der Waals surface area contributed by atoms with Gasteiger partial charge in [0, 0.05) is 11.8 Å².